The van der Waals surface area contributed by atoms with Crippen molar-refractivity contribution in [2.75, 3.05) is 32.8 Å². The summed E-state index contributed by atoms with van der Waals surface area (Å²) in [5, 5.41) is 4.12. The molecule has 0 fully saturated rings. The van der Waals surface area contributed by atoms with Crippen molar-refractivity contribution in [3.05, 3.63) is 0 Å². The number of rotatable bonds is 8. The molecule has 0 spiro atoms. The van der Waals surface area contributed by atoms with E-state index in [0.29, 0.717) is 0 Å². The summed E-state index contributed by atoms with van der Waals surface area (Å²) in [4.78, 5) is 2.14. The van der Waals surface area contributed by atoms with Crippen LogP contribution in [-0.4, -0.2) is 42.9 Å². The van der Waals surface area contributed by atoms with Gasteiger partial charge in [0.25, 0.3) is 0 Å². The summed E-state index contributed by atoms with van der Waals surface area (Å²) in [7, 11) is 0. The van der Waals surface area contributed by atoms with Crippen molar-refractivity contribution in [2.24, 2.45) is 0 Å². The summed E-state index contributed by atoms with van der Waals surface area (Å²) in [5.41, 5.74) is 0. The van der Waals surface area contributed by atoms with Crippen molar-refractivity contribution in [2.45, 2.75) is 33.6 Å². The molecule has 0 atom stereocenters. The molecule has 0 radical (unpaired) electrons. The van der Waals surface area contributed by atoms with E-state index in [1.54, 1.807) is 0 Å². The Morgan fingerprint density at radius 3 is 2.60 bits per heavy atom. The second-order valence-electron chi connectivity index (χ2n) is 3.36. The van der Waals surface area contributed by atoms with Crippen LogP contribution in [0, 0.1) is 0 Å². The molecule has 0 bridgehead atoms. The van der Waals surface area contributed by atoms with Gasteiger partial charge in [0.15, 0.2) is 5.11 Å². The number of nitrogens with zero attached hydrogens (tertiary/aromatic N) is 1. The van der Waals surface area contributed by atoms with Crippen LogP contribution in [0.4, 0.5) is 0 Å². The molecule has 0 saturated carbocycles. The summed E-state index contributed by atoms with van der Waals surface area (Å²) in [6, 6.07) is 0. The molecule has 0 aromatic carbocycles. The number of hydrogen-bond acceptors (Lipinski definition) is 2. The molecule has 0 aliphatic heterocycles. The van der Waals surface area contributed by atoms with E-state index in [1.165, 1.54) is 12.8 Å². The molecule has 3 nitrogen and oxygen atoms in total. The van der Waals surface area contributed by atoms with Crippen LogP contribution in [0.25, 0.3) is 0 Å². The molecule has 4 heteroatoms. The standard InChI is InChI=1S/C11H24N2OS/c1-4-7-8-12-11(15)13(5-2)9-10-14-6-3/h4-10H2,1-3H3,(H,12,15). The predicted molar refractivity (Wildman–Crippen MR) is 69.2 cm³/mol. The van der Waals surface area contributed by atoms with Crippen molar-refractivity contribution in [1.29, 1.82) is 0 Å². The summed E-state index contributed by atoms with van der Waals surface area (Å²) >= 11 is 5.30. The molecule has 0 aromatic rings. The Labute approximate surface area is 99.2 Å². The van der Waals surface area contributed by atoms with Crippen LogP contribution in [0.5, 0.6) is 0 Å². The van der Waals surface area contributed by atoms with Crippen molar-refractivity contribution < 1.29 is 4.74 Å². The van der Waals surface area contributed by atoms with Gasteiger partial charge >= 0.3 is 0 Å². The van der Waals surface area contributed by atoms with Gasteiger partial charge in [0.05, 0.1) is 6.61 Å². The lowest BCUT2D eigenvalue weighted by Gasteiger charge is -2.24. The number of nitrogens with one attached hydrogen (secondary N) is 1. The first-order valence-corrected chi connectivity index (χ1v) is 6.27. The normalized spacial score (nSPS) is 10.1. The highest BCUT2D eigenvalue weighted by Crippen LogP contribution is 1.92. The third kappa shape index (κ3) is 7.56. The lowest BCUT2D eigenvalue weighted by atomic mass is 10.3. The fourth-order valence-corrected chi connectivity index (χ4v) is 1.53. The van der Waals surface area contributed by atoms with E-state index in [9.17, 15) is 0 Å². The van der Waals surface area contributed by atoms with Crippen LogP contribution in [-0.2, 0) is 4.74 Å². The molecular formula is C11H24N2OS. The van der Waals surface area contributed by atoms with E-state index in [1.807, 2.05) is 6.92 Å². The average Bonchev–Trinajstić information content (AvgIpc) is 2.24. The smallest absolute Gasteiger partial charge is 0.169 e. The van der Waals surface area contributed by atoms with E-state index in [4.69, 9.17) is 17.0 Å². The molecule has 0 aliphatic rings. The molecule has 1 N–H and O–H groups in total. The van der Waals surface area contributed by atoms with Crippen molar-refractivity contribution >= 4 is 17.3 Å². The fraction of sp³-hybridized carbons (Fsp3) is 0.909. The van der Waals surface area contributed by atoms with Crippen LogP contribution in [0.1, 0.15) is 33.6 Å². The predicted octanol–water partition coefficient (Wildman–Crippen LogP) is 2.02. The fourth-order valence-electron chi connectivity index (χ4n) is 1.21. The Kier molecular flexibility index (Phi) is 9.94. The summed E-state index contributed by atoms with van der Waals surface area (Å²) in [5.74, 6) is 0. The van der Waals surface area contributed by atoms with E-state index >= 15 is 0 Å². The van der Waals surface area contributed by atoms with Gasteiger partial charge in [-0.15, -0.1) is 0 Å². The molecule has 0 aromatic heterocycles. The maximum atomic E-state index is 5.31. The number of hydrogen-bond donors (Lipinski definition) is 1. The zero-order chi connectivity index (χ0) is 11.5. The summed E-state index contributed by atoms with van der Waals surface area (Å²) in [6.07, 6.45) is 2.36. The summed E-state index contributed by atoms with van der Waals surface area (Å²) in [6.45, 7) is 10.6. The maximum Gasteiger partial charge on any atom is 0.169 e. The van der Waals surface area contributed by atoms with Gasteiger partial charge in [-0.2, -0.15) is 0 Å². The van der Waals surface area contributed by atoms with Gasteiger partial charge < -0.3 is 15.0 Å². The average molecular weight is 232 g/mol. The third-order valence-corrected chi connectivity index (χ3v) is 2.59. The molecule has 0 aliphatic carbocycles. The Balaban J connectivity index is 3.67. The lowest BCUT2D eigenvalue weighted by molar-refractivity contribution is 0.133. The van der Waals surface area contributed by atoms with E-state index in [-0.39, 0.29) is 0 Å². The van der Waals surface area contributed by atoms with Crippen LogP contribution >= 0.6 is 12.2 Å². The first-order chi connectivity index (χ1) is 7.26. The molecule has 0 amide bonds. The Hall–Kier alpha value is -0.350. The quantitative estimate of drug-likeness (QED) is 0.511. The minimum atomic E-state index is 0.750. The molecular weight excluding hydrogens is 208 g/mol. The van der Waals surface area contributed by atoms with Crippen LogP contribution in [0.2, 0.25) is 0 Å². The second kappa shape index (κ2) is 10.2. The van der Waals surface area contributed by atoms with Crippen molar-refractivity contribution in [3.63, 3.8) is 0 Å². The Morgan fingerprint density at radius 1 is 1.33 bits per heavy atom. The van der Waals surface area contributed by atoms with E-state index in [2.05, 4.69) is 24.1 Å². The van der Waals surface area contributed by atoms with Gasteiger partial charge in [-0.05, 0) is 32.5 Å². The van der Waals surface area contributed by atoms with Crippen LogP contribution in [0.15, 0.2) is 0 Å². The molecule has 0 heterocycles. The monoisotopic (exact) mass is 232 g/mol. The maximum absolute atomic E-state index is 5.31. The molecule has 0 saturated heterocycles. The number of unbranched alkanes of at least 4 members (excludes halogenated alkanes) is 1. The van der Waals surface area contributed by atoms with Crippen molar-refractivity contribution in [1.82, 2.24) is 10.2 Å². The van der Waals surface area contributed by atoms with Gasteiger partial charge in [-0.1, -0.05) is 13.3 Å². The molecule has 15 heavy (non-hydrogen) atoms. The number of thiocarbonyl (C=S) groups is 1. The Bertz CT molecular complexity index is 165. The van der Waals surface area contributed by atoms with Crippen LogP contribution in [0.3, 0.4) is 0 Å². The van der Waals surface area contributed by atoms with Gasteiger partial charge in [-0.25, -0.2) is 0 Å². The van der Waals surface area contributed by atoms with E-state index in [0.717, 1.165) is 38.0 Å². The third-order valence-electron chi connectivity index (χ3n) is 2.19. The molecule has 90 valence electrons. The second-order valence-corrected chi connectivity index (χ2v) is 3.75. The zero-order valence-corrected chi connectivity index (χ0v) is 11.0. The van der Waals surface area contributed by atoms with Crippen molar-refractivity contribution in [3.8, 4) is 0 Å². The lowest BCUT2D eigenvalue weighted by Crippen LogP contribution is -2.41. The molecule has 0 rings (SSSR count). The highest BCUT2D eigenvalue weighted by atomic mass is 32.1. The first kappa shape index (κ1) is 14.6. The number of likely N-dealkylation sites (N-methyl/N-ethyl adjacent to an activating group) is 1. The minimum absolute atomic E-state index is 0.750. The van der Waals surface area contributed by atoms with Gasteiger partial charge in [0, 0.05) is 26.2 Å². The minimum Gasteiger partial charge on any atom is -0.380 e. The molecule has 0 unspecified atom stereocenters. The highest BCUT2D eigenvalue weighted by molar-refractivity contribution is 7.80. The number of ether oxygens (including phenoxy) is 1. The zero-order valence-electron chi connectivity index (χ0n) is 10.2. The van der Waals surface area contributed by atoms with Gasteiger partial charge in [-0.3, -0.25) is 0 Å². The Morgan fingerprint density at radius 2 is 2.07 bits per heavy atom. The first-order valence-electron chi connectivity index (χ1n) is 5.86. The van der Waals surface area contributed by atoms with E-state index < -0.39 is 0 Å². The highest BCUT2D eigenvalue weighted by Gasteiger charge is 2.05. The summed E-state index contributed by atoms with van der Waals surface area (Å²) < 4.78 is 5.31. The largest absolute Gasteiger partial charge is 0.380 e. The topological polar surface area (TPSA) is 24.5 Å². The van der Waals surface area contributed by atoms with Gasteiger partial charge in [0.2, 0.25) is 0 Å². The van der Waals surface area contributed by atoms with Crippen LogP contribution < -0.4 is 5.32 Å². The SMILES string of the molecule is CCCCNC(=S)N(CC)CCOCC. The van der Waals surface area contributed by atoms with Gasteiger partial charge in [0.1, 0.15) is 0 Å².